The Morgan fingerprint density at radius 2 is 1.61 bits per heavy atom. The fourth-order valence-electron chi connectivity index (χ4n) is 3.53. The average molecular weight is 539 g/mol. The van der Waals surface area contributed by atoms with Crippen LogP contribution in [0.5, 0.6) is 11.5 Å². The van der Waals surface area contributed by atoms with Crippen molar-refractivity contribution < 1.29 is 27.5 Å². The topological polar surface area (TPSA) is 126 Å². The number of carbonyl (C=O) groups excluding carboxylic acids is 2. The molecule has 3 aromatic rings. The van der Waals surface area contributed by atoms with Gasteiger partial charge in [-0.25, -0.2) is 13.8 Å². The number of methoxy groups -OCH3 is 2. The average Bonchev–Trinajstić information content (AvgIpc) is 2.90. The number of amides is 2. The van der Waals surface area contributed by atoms with Crippen LogP contribution in [0.15, 0.2) is 76.7 Å². The van der Waals surface area contributed by atoms with Gasteiger partial charge in [0.2, 0.25) is 5.91 Å². The minimum absolute atomic E-state index is 0.0713. The first-order chi connectivity index (χ1) is 18.0. The molecule has 0 fully saturated rings. The second kappa shape index (κ2) is 12.2. The van der Waals surface area contributed by atoms with Gasteiger partial charge in [-0.2, -0.15) is 5.10 Å². The Bertz CT molecular complexity index is 1450. The van der Waals surface area contributed by atoms with E-state index in [-0.39, 0.29) is 16.6 Å². The lowest BCUT2D eigenvalue weighted by Gasteiger charge is -2.24. The number of carbonyl (C=O) groups is 2. The first kappa shape index (κ1) is 28.2. The molecule has 0 heterocycles. The van der Waals surface area contributed by atoms with E-state index in [4.69, 9.17) is 9.47 Å². The maximum Gasteiger partial charge on any atom is 0.264 e. The molecule has 38 heavy (non-hydrogen) atoms. The molecule has 0 spiro atoms. The normalized spacial score (nSPS) is 11.4. The predicted octanol–water partition coefficient (Wildman–Crippen LogP) is 3.71. The molecule has 0 bridgehead atoms. The van der Waals surface area contributed by atoms with Crippen molar-refractivity contribution in [3.8, 4) is 11.5 Å². The maximum absolute atomic E-state index is 13.7. The van der Waals surface area contributed by atoms with Crippen LogP contribution in [0, 0.1) is 6.92 Å². The zero-order valence-corrected chi connectivity index (χ0v) is 22.6. The third-order valence-corrected chi connectivity index (χ3v) is 7.27. The highest BCUT2D eigenvalue weighted by Crippen LogP contribution is 2.32. The van der Waals surface area contributed by atoms with E-state index in [0.717, 1.165) is 9.87 Å². The summed E-state index contributed by atoms with van der Waals surface area (Å²) in [7, 11) is -1.32. The number of aryl methyl sites for hydroxylation is 1. The molecule has 10 nitrogen and oxygen atoms in total. The molecular formula is C27H30N4O6S. The van der Waals surface area contributed by atoms with Crippen molar-refractivity contribution in [2.45, 2.75) is 25.7 Å². The van der Waals surface area contributed by atoms with Gasteiger partial charge in [-0.3, -0.25) is 13.9 Å². The molecule has 0 aromatic heterocycles. The van der Waals surface area contributed by atoms with Gasteiger partial charge in [0, 0.05) is 18.7 Å². The smallest absolute Gasteiger partial charge is 0.264 e. The summed E-state index contributed by atoms with van der Waals surface area (Å²) in [6.45, 7) is 4.44. The minimum Gasteiger partial charge on any atom is -0.493 e. The standard InChI is InChI=1S/C27H30N4O6S/c1-18-9-11-23(12-10-18)31(38(34,35)24-13-14-25(36-4)26(16-24)37-5)17-27(33)30-29-19(2)21-7-6-8-22(15-21)28-20(3)32/h6-16H,17H2,1-5H3,(H,28,32)(H,30,33)/b29-19-. The summed E-state index contributed by atoms with van der Waals surface area (Å²) in [5, 5.41) is 6.82. The van der Waals surface area contributed by atoms with Gasteiger partial charge in [0.25, 0.3) is 15.9 Å². The fraction of sp³-hybridized carbons (Fsp3) is 0.222. The number of anilines is 2. The van der Waals surface area contributed by atoms with Crippen molar-refractivity contribution in [2.24, 2.45) is 5.10 Å². The summed E-state index contributed by atoms with van der Waals surface area (Å²) in [6.07, 6.45) is 0. The van der Waals surface area contributed by atoms with E-state index in [1.54, 1.807) is 55.5 Å². The van der Waals surface area contributed by atoms with Crippen molar-refractivity contribution in [3.63, 3.8) is 0 Å². The van der Waals surface area contributed by atoms with E-state index < -0.39 is 22.5 Å². The maximum atomic E-state index is 13.7. The largest absolute Gasteiger partial charge is 0.493 e. The molecule has 0 radical (unpaired) electrons. The highest BCUT2D eigenvalue weighted by molar-refractivity contribution is 7.92. The Morgan fingerprint density at radius 1 is 0.921 bits per heavy atom. The number of sulfonamides is 1. The lowest BCUT2D eigenvalue weighted by molar-refractivity contribution is -0.119. The molecule has 3 rings (SSSR count). The monoisotopic (exact) mass is 538 g/mol. The Balaban J connectivity index is 1.89. The molecule has 0 unspecified atom stereocenters. The van der Waals surface area contributed by atoms with Crippen LogP contribution in [0.25, 0.3) is 0 Å². The third kappa shape index (κ3) is 6.88. The molecule has 0 aliphatic carbocycles. The van der Waals surface area contributed by atoms with E-state index >= 15 is 0 Å². The van der Waals surface area contributed by atoms with Gasteiger partial charge < -0.3 is 14.8 Å². The minimum atomic E-state index is -4.18. The molecule has 0 aliphatic heterocycles. The summed E-state index contributed by atoms with van der Waals surface area (Å²) >= 11 is 0. The van der Waals surface area contributed by atoms with Crippen molar-refractivity contribution in [2.75, 3.05) is 30.4 Å². The van der Waals surface area contributed by atoms with E-state index in [2.05, 4.69) is 15.8 Å². The number of hydrogen-bond acceptors (Lipinski definition) is 7. The fourth-order valence-corrected chi connectivity index (χ4v) is 4.97. The molecule has 0 atom stereocenters. The summed E-state index contributed by atoms with van der Waals surface area (Å²) in [5.41, 5.74) is 5.40. The van der Waals surface area contributed by atoms with E-state index in [1.165, 1.54) is 39.3 Å². The van der Waals surface area contributed by atoms with Crippen molar-refractivity contribution in [1.29, 1.82) is 0 Å². The van der Waals surface area contributed by atoms with E-state index in [1.807, 2.05) is 6.92 Å². The number of hydrogen-bond donors (Lipinski definition) is 2. The highest BCUT2D eigenvalue weighted by Gasteiger charge is 2.28. The third-order valence-electron chi connectivity index (χ3n) is 5.50. The van der Waals surface area contributed by atoms with Crippen LogP contribution in [-0.4, -0.2) is 46.7 Å². The number of rotatable bonds is 10. The second-order valence-corrected chi connectivity index (χ2v) is 10.2. The summed E-state index contributed by atoms with van der Waals surface area (Å²) in [4.78, 5) is 24.2. The van der Waals surface area contributed by atoms with Crippen LogP contribution in [-0.2, 0) is 19.6 Å². The molecule has 3 aromatic carbocycles. The predicted molar refractivity (Wildman–Crippen MR) is 146 cm³/mol. The van der Waals surface area contributed by atoms with Crippen molar-refractivity contribution >= 4 is 38.9 Å². The molecular weight excluding hydrogens is 508 g/mol. The quantitative estimate of drug-likeness (QED) is 0.299. The van der Waals surface area contributed by atoms with E-state index in [9.17, 15) is 18.0 Å². The molecule has 11 heteroatoms. The van der Waals surface area contributed by atoms with Gasteiger partial charge in [0.15, 0.2) is 11.5 Å². The highest BCUT2D eigenvalue weighted by atomic mass is 32.2. The number of benzene rings is 3. The number of ether oxygens (including phenoxy) is 2. The molecule has 0 saturated heterocycles. The van der Waals surface area contributed by atoms with Gasteiger partial charge >= 0.3 is 0 Å². The van der Waals surface area contributed by atoms with Crippen LogP contribution < -0.4 is 24.5 Å². The molecule has 0 saturated carbocycles. The molecule has 2 N–H and O–H groups in total. The molecule has 0 aliphatic rings. The summed E-state index contributed by atoms with van der Waals surface area (Å²) in [5.74, 6) is -0.244. The Labute approximate surface area is 222 Å². The Hall–Kier alpha value is -4.38. The SMILES string of the molecule is COc1ccc(S(=O)(=O)N(CC(=O)N/N=C(/C)c2cccc(NC(C)=O)c2)c2ccc(C)cc2)cc1OC. The summed E-state index contributed by atoms with van der Waals surface area (Å²) in [6, 6.07) is 18.0. The first-order valence-corrected chi connectivity index (χ1v) is 13.0. The Kier molecular flexibility index (Phi) is 9.08. The summed E-state index contributed by atoms with van der Waals surface area (Å²) < 4.78 is 38.8. The number of nitrogens with one attached hydrogen (secondary N) is 2. The van der Waals surface area contributed by atoms with E-state index in [0.29, 0.717) is 28.4 Å². The van der Waals surface area contributed by atoms with Crippen LogP contribution in [0.4, 0.5) is 11.4 Å². The van der Waals surface area contributed by atoms with Crippen LogP contribution in [0.3, 0.4) is 0 Å². The van der Waals surface area contributed by atoms with Gasteiger partial charge in [-0.1, -0.05) is 29.8 Å². The van der Waals surface area contributed by atoms with Gasteiger partial charge in [-0.15, -0.1) is 0 Å². The van der Waals surface area contributed by atoms with Crippen LogP contribution in [0.1, 0.15) is 25.0 Å². The first-order valence-electron chi connectivity index (χ1n) is 11.6. The van der Waals surface area contributed by atoms with Crippen LogP contribution >= 0.6 is 0 Å². The Morgan fingerprint density at radius 3 is 2.24 bits per heavy atom. The van der Waals surface area contributed by atoms with Crippen molar-refractivity contribution in [1.82, 2.24) is 5.43 Å². The zero-order valence-electron chi connectivity index (χ0n) is 21.8. The number of nitrogens with zero attached hydrogens (tertiary/aromatic N) is 2. The van der Waals surface area contributed by atoms with Gasteiger partial charge in [-0.05, 0) is 55.8 Å². The lowest BCUT2D eigenvalue weighted by Crippen LogP contribution is -2.39. The molecule has 200 valence electrons. The number of hydrazone groups is 1. The van der Waals surface area contributed by atoms with Gasteiger partial charge in [0.05, 0.1) is 30.5 Å². The van der Waals surface area contributed by atoms with Gasteiger partial charge in [0.1, 0.15) is 6.54 Å². The molecule has 2 amide bonds. The lowest BCUT2D eigenvalue weighted by atomic mass is 10.1. The van der Waals surface area contributed by atoms with Crippen molar-refractivity contribution in [3.05, 3.63) is 77.9 Å². The zero-order chi connectivity index (χ0) is 27.9. The van der Waals surface area contributed by atoms with Crippen LogP contribution in [0.2, 0.25) is 0 Å². The second-order valence-electron chi connectivity index (χ2n) is 8.36.